The summed E-state index contributed by atoms with van der Waals surface area (Å²) >= 11 is 0. The Kier molecular flexibility index (Phi) is 2.46. The van der Waals surface area contributed by atoms with Gasteiger partial charge < -0.3 is 10.6 Å². The molecule has 2 saturated carbocycles. The van der Waals surface area contributed by atoms with Gasteiger partial charge in [0.2, 0.25) is 0 Å². The van der Waals surface area contributed by atoms with Gasteiger partial charge in [0.1, 0.15) is 0 Å². The fourth-order valence-corrected chi connectivity index (χ4v) is 2.15. The number of anilines is 2. The molecule has 16 heavy (non-hydrogen) atoms. The molecular weight excluding hydrogens is 198 g/mol. The summed E-state index contributed by atoms with van der Waals surface area (Å²) in [4.78, 5) is 6.85. The highest BCUT2D eigenvalue weighted by Crippen LogP contribution is 2.36. The second kappa shape index (κ2) is 3.96. The fraction of sp³-hybridized carbons (Fsp3) is 0.615. The van der Waals surface area contributed by atoms with Crippen LogP contribution in [0.4, 0.5) is 11.5 Å². The first-order chi connectivity index (χ1) is 7.83. The van der Waals surface area contributed by atoms with Crippen molar-refractivity contribution in [2.45, 2.75) is 25.7 Å². The summed E-state index contributed by atoms with van der Waals surface area (Å²) in [7, 11) is 0. The van der Waals surface area contributed by atoms with Crippen molar-refractivity contribution in [1.82, 2.24) is 4.98 Å². The van der Waals surface area contributed by atoms with E-state index in [1.807, 2.05) is 18.3 Å². The Bertz CT molecular complexity index is 355. The van der Waals surface area contributed by atoms with Crippen LogP contribution >= 0.6 is 0 Å². The summed E-state index contributed by atoms with van der Waals surface area (Å²) < 4.78 is 0. The minimum atomic E-state index is 0.823. The number of nitrogens with two attached hydrogens (primary N) is 1. The fourth-order valence-electron chi connectivity index (χ4n) is 2.15. The molecule has 2 aliphatic rings. The van der Waals surface area contributed by atoms with Crippen LogP contribution in [0.5, 0.6) is 0 Å². The Morgan fingerprint density at radius 1 is 1.19 bits per heavy atom. The number of nitrogen functional groups attached to an aromatic ring is 1. The molecule has 1 heterocycles. The van der Waals surface area contributed by atoms with Crippen molar-refractivity contribution in [2.75, 3.05) is 23.7 Å². The minimum absolute atomic E-state index is 0.823. The zero-order valence-electron chi connectivity index (χ0n) is 9.60. The first-order valence-corrected chi connectivity index (χ1v) is 6.28. The number of hydrogen-bond donors (Lipinski definition) is 1. The Balaban J connectivity index is 1.76. The van der Waals surface area contributed by atoms with Gasteiger partial charge in [-0.25, -0.2) is 4.98 Å². The molecule has 2 N–H and O–H groups in total. The summed E-state index contributed by atoms with van der Waals surface area (Å²) in [6.45, 7) is 2.30. The van der Waals surface area contributed by atoms with E-state index in [0.29, 0.717) is 0 Å². The maximum Gasteiger partial charge on any atom is 0.151 e. The van der Waals surface area contributed by atoms with Gasteiger partial charge in [0, 0.05) is 19.3 Å². The van der Waals surface area contributed by atoms with Crippen molar-refractivity contribution < 1.29 is 0 Å². The lowest BCUT2D eigenvalue weighted by atomic mass is 10.3. The monoisotopic (exact) mass is 217 g/mol. The SMILES string of the molecule is Nc1cccnc1N(CC1CC1)CC1CC1. The van der Waals surface area contributed by atoms with Gasteiger partial charge in [-0.3, -0.25) is 0 Å². The maximum absolute atomic E-state index is 6.01. The largest absolute Gasteiger partial charge is 0.396 e. The molecular formula is C13H19N3. The van der Waals surface area contributed by atoms with Gasteiger partial charge in [-0.15, -0.1) is 0 Å². The summed E-state index contributed by atoms with van der Waals surface area (Å²) in [6.07, 6.45) is 7.38. The predicted octanol–water partition coefficient (Wildman–Crippen LogP) is 2.29. The van der Waals surface area contributed by atoms with Crippen molar-refractivity contribution in [1.29, 1.82) is 0 Å². The predicted molar refractivity (Wildman–Crippen MR) is 66.3 cm³/mol. The summed E-state index contributed by atoms with van der Waals surface area (Å²) in [5.41, 5.74) is 6.83. The smallest absolute Gasteiger partial charge is 0.151 e. The average Bonchev–Trinajstić information content (AvgIpc) is 3.12. The number of nitrogens with zero attached hydrogens (tertiary/aromatic N) is 2. The van der Waals surface area contributed by atoms with Crippen LogP contribution in [0.1, 0.15) is 25.7 Å². The van der Waals surface area contributed by atoms with E-state index in [9.17, 15) is 0 Å². The third kappa shape index (κ3) is 2.29. The van der Waals surface area contributed by atoms with E-state index in [-0.39, 0.29) is 0 Å². The Hall–Kier alpha value is -1.25. The van der Waals surface area contributed by atoms with Gasteiger partial charge in [0.05, 0.1) is 5.69 Å². The second-order valence-electron chi connectivity index (χ2n) is 5.21. The molecule has 2 fully saturated rings. The number of aromatic nitrogens is 1. The van der Waals surface area contributed by atoms with Gasteiger partial charge in [-0.2, -0.15) is 0 Å². The molecule has 0 unspecified atom stereocenters. The third-order valence-corrected chi connectivity index (χ3v) is 3.47. The van der Waals surface area contributed by atoms with Crippen molar-refractivity contribution in [3.8, 4) is 0 Å². The molecule has 0 radical (unpaired) electrons. The molecule has 1 aromatic rings. The van der Waals surface area contributed by atoms with Gasteiger partial charge >= 0.3 is 0 Å². The quantitative estimate of drug-likeness (QED) is 0.822. The van der Waals surface area contributed by atoms with Crippen LogP contribution < -0.4 is 10.6 Å². The topological polar surface area (TPSA) is 42.1 Å². The van der Waals surface area contributed by atoms with Crippen LogP contribution in [-0.4, -0.2) is 18.1 Å². The van der Waals surface area contributed by atoms with Crippen LogP contribution in [0.3, 0.4) is 0 Å². The second-order valence-corrected chi connectivity index (χ2v) is 5.21. The van der Waals surface area contributed by atoms with Gasteiger partial charge in [0.15, 0.2) is 5.82 Å². The molecule has 3 rings (SSSR count). The standard InChI is InChI=1S/C13H19N3/c14-12-2-1-7-15-13(12)16(8-10-3-4-10)9-11-5-6-11/h1-2,7,10-11H,3-6,8-9,14H2. The maximum atomic E-state index is 6.01. The van der Waals surface area contributed by atoms with Gasteiger partial charge in [-0.05, 0) is 49.7 Å². The molecule has 0 spiro atoms. The number of hydrogen-bond acceptors (Lipinski definition) is 3. The molecule has 1 aromatic heterocycles. The summed E-state index contributed by atoms with van der Waals surface area (Å²) in [5.74, 6) is 2.78. The normalized spacial score (nSPS) is 19.8. The van der Waals surface area contributed by atoms with Gasteiger partial charge in [0.25, 0.3) is 0 Å². The molecule has 3 heteroatoms. The molecule has 3 nitrogen and oxygen atoms in total. The first kappa shape index (κ1) is 9.94. The van der Waals surface area contributed by atoms with E-state index in [1.165, 1.54) is 25.7 Å². The molecule has 0 amide bonds. The van der Waals surface area contributed by atoms with Crippen LogP contribution in [0, 0.1) is 11.8 Å². The lowest BCUT2D eigenvalue weighted by Gasteiger charge is -2.24. The van der Waals surface area contributed by atoms with Crippen molar-refractivity contribution in [3.63, 3.8) is 0 Å². The summed E-state index contributed by atoms with van der Waals surface area (Å²) in [5, 5.41) is 0. The molecule has 86 valence electrons. The Labute approximate surface area is 96.7 Å². The average molecular weight is 217 g/mol. The molecule has 0 aromatic carbocycles. The zero-order valence-corrected chi connectivity index (χ0v) is 9.60. The van der Waals surface area contributed by atoms with Crippen LogP contribution in [0.25, 0.3) is 0 Å². The lowest BCUT2D eigenvalue weighted by Crippen LogP contribution is -2.29. The van der Waals surface area contributed by atoms with E-state index in [4.69, 9.17) is 5.73 Å². The highest BCUT2D eigenvalue weighted by Gasteiger charge is 2.30. The highest BCUT2D eigenvalue weighted by atomic mass is 15.2. The number of pyridine rings is 1. The van der Waals surface area contributed by atoms with E-state index in [0.717, 1.165) is 36.4 Å². The zero-order chi connectivity index (χ0) is 11.0. The molecule has 2 aliphatic carbocycles. The van der Waals surface area contributed by atoms with Gasteiger partial charge in [-0.1, -0.05) is 0 Å². The molecule has 0 saturated heterocycles. The third-order valence-electron chi connectivity index (χ3n) is 3.47. The lowest BCUT2D eigenvalue weighted by molar-refractivity contribution is 0.672. The van der Waals surface area contributed by atoms with Crippen LogP contribution in [-0.2, 0) is 0 Å². The Morgan fingerprint density at radius 2 is 1.81 bits per heavy atom. The van der Waals surface area contributed by atoms with Crippen LogP contribution in [0.2, 0.25) is 0 Å². The summed E-state index contributed by atoms with van der Waals surface area (Å²) in [6, 6.07) is 3.86. The van der Waals surface area contributed by atoms with E-state index < -0.39 is 0 Å². The first-order valence-electron chi connectivity index (χ1n) is 6.28. The van der Waals surface area contributed by atoms with Crippen LogP contribution in [0.15, 0.2) is 18.3 Å². The van der Waals surface area contributed by atoms with Crippen molar-refractivity contribution >= 4 is 11.5 Å². The molecule has 0 aliphatic heterocycles. The number of rotatable bonds is 5. The van der Waals surface area contributed by atoms with E-state index >= 15 is 0 Å². The molecule has 0 atom stereocenters. The highest BCUT2D eigenvalue weighted by molar-refractivity contribution is 5.62. The van der Waals surface area contributed by atoms with E-state index in [1.54, 1.807) is 0 Å². The van der Waals surface area contributed by atoms with Crippen molar-refractivity contribution in [3.05, 3.63) is 18.3 Å². The molecule has 0 bridgehead atoms. The van der Waals surface area contributed by atoms with Crippen molar-refractivity contribution in [2.24, 2.45) is 11.8 Å². The minimum Gasteiger partial charge on any atom is -0.396 e. The Morgan fingerprint density at radius 3 is 2.31 bits per heavy atom. The van der Waals surface area contributed by atoms with E-state index in [2.05, 4.69) is 9.88 Å².